The molecule has 33 heavy (non-hydrogen) atoms. The lowest BCUT2D eigenvalue weighted by atomic mass is 10.1. The fourth-order valence-electron chi connectivity index (χ4n) is 4.07. The van der Waals surface area contributed by atoms with Crippen LogP contribution in [0.5, 0.6) is 5.75 Å². The summed E-state index contributed by atoms with van der Waals surface area (Å²) in [5.74, 6) is 2.03. The first-order valence-electron chi connectivity index (χ1n) is 10.7. The van der Waals surface area contributed by atoms with E-state index in [1.165, 1.54) is 16.7 Å². The minimum absolute atomic E-state index is 0.0949. The summed E-state index contributed by atoms with van der Waals surface area (Å²) in [6.07, 6.45) is 0. The normalized spacial score (nSPS) is 11.4. The third kappa shape index (κ3) is 3.89. The number of aryl methyl sites for hydroxylation is 2. The van der Waals surface area contributed by atoms with Crippen molar-refractivity contribution in [2.75, 3.05) is 7.11 Å². The van der Waals surface area contributed by atoms with Crippen molar-refractivity contribution in [1.82, 2.24) is 19.2 Å². The van der Waals surface area contributed by atoms with Crippen molar-refractivity contribution in [1.29, 1.82) is 0 Å². The maximum Gasteiger partial charge on any atom is 0.263 e. The van der Waals surface area contributed by atoms with Crippen molar-refractivity contribution in [3.05, 3.63) is 99.3 Å². The molecule has 0 amide bonds. The van der Waals surface area contributed by atoms with Crippen LogP contribution in [0.15, 0.2) is 76.7 Å². The van der Waals surface area contributed by atoms with Gasteiger partial charge in [0.15, 0.2) is 5.16 Å². The van der Waals surface area contributed by atoms with Crippen LogP contribution in [0.3, 0.4) is 0 Å². The predicted octanol–water partition coefficient (Wildman–Crippen LogP) is 5.01. The summed E-state index contributed by atoms with van der Waals surface area (Å²) in [4.78, 5) is 13.5. The molecule has 0 atom stereocenters. The van der Waals surface area contributed by atoms with Gasteiger partial charge in [-0.2, -0.15) is 0 Å². The molecule has 0 aliphatic rings. The zero-order valence-electron chi connectivity index (χ0n) is 18.8. The fourth-order valence-corrected chi connectivity index (χ4v) is 5.07. The first kappa shape index (κ1) is 21.3. The van der Waals surface area contributed by atoms with Crippen molar-refractivity contribution in [3.8, 4) is 5.75 Å². The Morgan fingerprint density at radius 3 is 2.58 bits per heavy atom. The average molecular weight is 457 g/mol. The molecule has 0 aliphatic carbocycles. The second-order valence-electron chi connectivity index (χ2n) is 8.06. The van der Waals surface area contributed by atoms with Gasteiger partial charge in [-0.05, 0) is 43.2 Å². The number of rotatable bonds is 6. The highest BCUT2D eigenvalue weighted by Crippen LogP contribution is 2.27. The summed E-state index contributed by atoms with van der Waals surface area (Å²) in [5.41, 5.74) is 5.37. The Bertz CT molecular complexity index is 1540. The Hall–Kier alpha value is -3.58. The van der Waals surface area contributed by atoms with E-state index in [-0.39, 0.29) is 5.56 Å². The van der Waals surface area contributed by atoms with Crippen LogP contribution in [0, 0.1) is 13.8 Å². The highest BCUT2D eigenvalue weighted by atomic mass is 32.2. The summed E-state index contributed by atoms with van der Waals surface area (Å²) < 4.78 is 9.17. The molecule has 0 aliphatic heterocycles. The zero-order chi connectivity index (χ0) is 22.9. The van der Waals surface area contributed by atoms with Crippen LogP contribution in [0.1, 0.15) is 22.3 Å². The fraction of sp³-hybridized carbons (Fsp3) is 0.192. The van der Waals surface area contributed by atoms with E-state index in [4.69, 9.17) is 4.74 Å². The van der Waals surface area contributed by atoms with Crippen LogP contribution in [-0.4, -0.2) is 26.3 Å². The molecule has 0 radical (unpaired) electrons. The molecular formula is C26H24N4O2S. The molecule has 166 valence electrons. The maximum atomic E-state index is 13.5. The van der Waals surface area contributed by atoms with Gasteiger partial charge in [0.25, 0.3) is 5.56 Å². The van der Waals surface area contributed by atoms with E-state index in [1.54, 1.807) is 23.4 Å². The number of hydrogen-bond donors (Lipinski definition) is 0. The Kier molecular flexibility index (Phi) is 5.64. The topological polar surface area (TPSA) is 61.4 Å². The first-order chi connectivity index (χ1) is 16.1. The molecule has 5 aromatic rings. The van der Waals surface area contributed by atoms with E-state index in [0.29, 0.717) is 17.7 Å². The number of nitrogens with zero attached hydrogens (tertiary/aromatic N) is 4. The summed E-state index contributed by atoms with van der Waals surface area (Å²) in [5, 5.41) is 10.3. The number of methoxy groups -OCH3 is 1. The Morgan fingerprint density at radius 2 is 1.73 bits per heavy atom. The third-order valence-electron chi connectivity index (χ3n) is 5.86. The van der Waals surface area contributed by atoms with E-state index in [0.717, 1.165) is 27.7 Å². The number of benzene rings is 3. The van der Waals surface area contributed by atoms with E-state index < -0.39 is 0 Å². The molecule has 0 saturated carbocycles. The zero-order valence-corrected chi connectivity index (χ0v) is 19.6. The molecule has 2 heterocycles. The number of ether oxygens (including phenoxy) is 1. The predicted molar refractivity (Wildman–Crippen MR) is 132 cm³/mol. The van der Waals surface area contributed by atoms with Gasteiger partial charge in [-0.1, -0.05) is 65.9 Å². The molecule has 3 aromatic carbocycles. The van der Waals surface area contributed by atoms with Gasteiger partial charge in [0.2, 0.25) is 5.78 Å². The highest BCUT2D eigenvalue weighted by Gasteiger charge is 2.18. The van der Waals surface area contributed by atoms with Gasteiger partial charge in [0, 0.05) is 11.3 Å². The molecule has 2 aromatic heterocycles. The Balaban J connectivity index is 1.64. The van der Waals surface area contributed by atoms with Gasteiger partial charge >= 0.3 is 0 Å². The maximum absolute atomic E-state index is 13.5. The standard InChI is InChI=1S/C26H24N4O2S/c1-17-12-13-18(2)20(14-17)16-33-26-28-27-25-29(15-19-8-4-7-11-23(19)32-3)24(31)21-9-5-6-10-22(21)30(25)26/h4-14H,15-16H2,1-3H3. The molecule has 0 fully saturated rings. The lowest BCUT2D eigenvalue weighted by Gasteiger charge is -2.13. The lowest BCUT2D eigenvalue weighted by molar-refractivity contribution is 0.408. The van der Waals surface area contributed by atoms with Gasteiger partial charge in [0.05, 0.1) is 24.6 Å². The average Bonchev–Trinajstić information content (AvgIpc) is 3.26. The second-order valence-corrected chi connectivity index (χ2v) is 9.00. The van der Waals surface area contributed by atoms with Crippen molar-refractivity contribution >= 4 is 28.4 Å². The van der Waals surface area contributed by atoms with Crippen LogP contribution in [0.2, 0.25) is 0 Å². The molecule has 0 bridgehead atoms. The minimum atomic E-state index is -0.0949. The molecule has 5 rings (SSSR count). The van der Waals surface area contributed by atoms with Crippen molar-refractivity contribution in [3.63, 3.8) is 0 Å². The number of para-hydroxylation sites is 2. The number of aromatic nitrogens is 4. The van der Waals surface area contributed by atoms with Gasteiger partial charge < -0.3 is 4.74 Å². The number of hydrogen-bond acceptors (Lipinski definition) is 5. The molecule has 6 nitrogen and oxygen atoms in total. The third-order valence-corrected chi connectivity index (χ3v) is 6.84. The Labute approximate surface area is 195 Å². The van der Waals surface area contributed by atoms with Gasteiger partial charge in [0.1, 0.15) is 5.75 Å². The van der Waals surface area contributed by atoms with Crippen LogP contribution < -0.4 is 10.3 Å². The summed E-state index contributed by atoms with van der Waals surface area (Å²) in [7, 11) is 1.64. The van der Waals surface area contributed by atoms with Crippen LogP contribution in [-0.2, 0) is 12.3 Å². The van der Waals surface area contributed by atoms with Crippen LogP contribution >= 0.6 is 11.8 Å². The summed E-state index contributed by atoms with van der Waals surface area (Å²) in [6, 6.07) is 21.8. The van der Waals surface area contributed by atoms with Gasteiger partial charge in [-0.15, -0.1) is 10.2 Å². The van der Waals surface area contributed by atoms with Crippen LogP contribution in [0.4, 0.5) is 0 Å². The van der Waals surface area contributed by atoms with Crippen molar-refractivity contribution < 1.29 is 4.74 Å². The minimum Gasteiger partial charge on any atom is -0.496 e. The summed E-state index contributed by atoms with van der Waals surface area (Å²) in [6.45, 7) is 4.57. The lowest BCUT2D eigenvalue weighted by Crippen LogP contribution is -2.24. The smallest absolute Gasteiger partial charge is 0.263 e. The molecule has 0 spiro atoms. The number of fused-ring (bicyclic) bond motifs is 3. The van der Waals surface area contributed by atoms with Crippen molar-refractivity contribution in [2.24, 2.45) is 0 Å². The molecule has 0 N–H and O–H groups in total. The molecule has 0 saturated heterocycles. The number of thioether (sulfide) groups is 1. The monoisotopic (exact) mass is 456 g/mol. The quantitative estimate of drug-likeness (QED) is 0.336. The van der Waals surface area contributed by atoms with E-state index in [9.17, 15) is 4.79 Å². The van der Waals surface area contributed by atoms with Gasteiger partial charge in [-0.3, -0.25) is 13.8 Å². The van der Waals surface area contributed by atoms with E-state index in [1.807, 2.05) is 52.9 Å². The summed E-state index contributed by atoms with van der Waals surface area (Å²) >= 11 is 1.63. The SMILES string of the molecule is COc1ccccc1Cn1c(=O)c2ccccc2n2c(SCc3cc(C)ccc3C)nnc12. The second kappa shape index (κ2) is 8.75. The Morgan fingerprint density at radius 1 is 0.939 bits per heavy atom. The van der Waals surface area contributed by atoms with Crippen molar-refractivity contribution in [2.45, 2.75) is 31.3 Å². The van der Waals surface area contributed by atoms with Crippen LogP contribution in [0.25, 0.3) is 16.7 Å². The van der Waals surface area contributed by atoms with E-state index >= 15 is 0 Å². The first-order valence-corrected chi connectivity index (χ1v) is 11.7. The van der Waals surface area contributed by atoms with E-state index in [2.05, 4.69) is 42.2 Å². The largest absolute Gasteiger partial charge is 0.496 e. The molecular weight excluding hydrogens is 432 g/mol. The molecule has 0 unspecified atom stereocenters. The van der Waals surface area contributed by atoms with Gasteiger partial charge in [-0.25, -0.2) is 0 Å². The highest BCUT2D eigenvalue weighted by molar-refractivity contribution is 7.98. The molecule has 7 heteroatoms.